The van der Waals surface area contributed by atoms with E-state index >= 15 is 0 Å². The lowest BCUT2D eigenvalue weighted by Crippen LogP contribution is -2.52. The molecule has 162 valence electrons. The van der Waals surface area contributed by atoms with Crippen LogP contribution in [-0.2, 0) is 7.05 Å². The summed E-state index contributed by atoms with van der Waals surface area (Å²) in [7, 11) is 0.0431. The number of pyridine rings is 1. The largest absolute Gasteiger partial charge is 0.238 e. The average molecular weight is 446 g/mol. The SMILES string of the molecule is [C-]#[N+]c1ccc2c(c1-c1ccccc1)[Si](C)(C)c1c-2ccc(C)c1-c1cc(C)cc(C)[n+]1C. The number of benzene rings is 3. The van der Waals surface area contributed by atoms with Crippen molar-refractivity contribution in [3.05, 3.63) is 95.0 Å². The molecule has 2 heterocycles. The Kier molecular flexibility index (Phi) is 4.88. The van der Waals surface area contributed by atoms with E-state index in [1.165, 1.54) is 49.6 Å². The van der Waals surface area contributed by atoms with Crippen LogP contribution in [0.15, 0.2) is 66.7 Å². The molecule has 3 aromatic carbocycles. The van der Waals surface area contributed by atoms with Gasteiger partial charge in [0.25, 0.3) is 0 Å². The maximum Gasteiger partial charge on any atom is 0.212 e. The van der Waals surface area contributed by atoms with Gasteiger partial charge in [0.15, 0.2) is 11.4 Å². The Morgan fingerprint density at radius 2 is 1.42 bits per heavy atom. The first-order valence-corrected chi connectivity index (χ1v) is 14.5. The third kappa shape index (κ3) is 3.09. The second-order valence-corrected chi connectivity index (χ2v) is 14.0. The highest BCUT2D eigenvalue weighted by molar-refractivity contribution is 7.05. The summed E-state index contributed by atoms with van der Waals surface area (Å²) < 4.78 is 2.33. The molecule has 0 bridgehead atoms. The van der Waals surface area contributed by atoms with E-state index in [0.29, 0.717) is 0 Å². The van der Waals surface area contributed by atoms with Gasteiger partial charge in [0.05, 0.1) is 6.57 Å². The molecule has 0 radical (unpaired) electrons. The Morgan fingerprint density at radius 3 is 2.09 bits per heavy atom. The lowest BCUT2D eigenvalue weighted by atomic mass is 9.94. The van der Waals surface area contributed by atoms with Crippen molar-refractivity contribution in [2.24, 2.45) is 7.05 Å². The van der Waals surface area contributed by atoms with Crippen molar-refractivity contribution in [2.45, 2.75) is 33.9 Å². The van der Waals surface area contributed by atoms with Crippen LogP contribution in [0.1, 0.15) is 16.8 Å². The summed E-state index contributed by atoms with van der Waals surface area (Å²) in [6, 6.07) is 23.8. The van der Waals surface area contributed by atoms with Gasteiger partial charge in [-0.25, -0.2) is 4.85 Å². The number of aromatic nitrogens is 1. The quantitative estimate of drug-likeness (QED) is 0.199. The minimum Gasteiger partial charge on any atom is -0.238 e. The summed E-state index contributed by atoms with van der Waals surface area (Å²) in [5.41, 5.74) is 12.2. The number of rotatable bonds is 2. The van der Waals surface area contributed by atoms with Crippen LogP contribution in [0.25, 0.3) is 38.4 Å². The van der Waals surface area contributed by atoms with Gasteiger partial charge in [0.1, 0.15) is 15.1 Å². The molecule has 2 nitrogen and oxygen atoms in total. The molecule has 0 N–H and O–H groups in total. The van der Waals surface area contributed by atoms with Gasteiger partial charge in [-0.3, -0.25) is 0 Å². The van der Waals surface area contributed by atoms with E-state index < -0.39 is 8.07 Å². The Bertz CT molecular complexity index is 1470. The Hall–Kier alpha value is -3.48. The highest BCUT2D eigenvalue weighted by atomic mass is 28.3. The van der Waals surface area contributed by atoms with Gasteiger partial charge in [-0.2, -0.15) is 4.57 Å². The highest BCUT2D eigenvalue weighted by Crippen LogP contribution is 2.41. The Balaban J connectivity index is 1.90. The lowest BCUT2D eigenvalue weighted by Gasteiger charge is -2.25. The van der Waals surface area contributed by atoms with Crippen molar-refractivity contribution in [2.75, 3.05) is 0 Å². The van der Waals surface area contributed by atoms with Gasteiger partial charge in [-0.05, 0) is 57.6 Å². The first-order chi connectivity index (χ1) is 15.8. The summed E-state index contributed by atoms with van der Waals surface area (Å²) in [5, 5.41) is 2.90. The molecule has 5 rings (SSSR count). The number of hydrogen-bond acceptors (Lipinski definition) is 0. The van der Waals surface area contributed by atoms with Crippen molar-refractivity contribution in [3.63, 3.8) is 0 Å². The summed E-state index contributed by atoms with van der Waals surface area (Å²) in [4.78, 5) is 3.96. The first kappa shape index (κ1) is 21.4. The maximum atomic E-state index is 7.91. The highest BCUT2D eigenvalue weighted by Gasteiger charge is 2.43. The van der Waals surface area contributed by atoms with E-state index in [4.69, 9.17) is 6.57 Å². The van der Waals surface area contributed by atoms with Crippen LogP contribution in [-0.4, -0.2) is 8.07 Å². The molecule has 0 amide bonds. The van der Waals surface area contributed by atoms with Gasteiger partial charge in [-0.15, -0.1) is 0 Å². The molecule has 1 aliphatic heterocycles. The van der Waals surface area contributed by atoms with E-state index in [1.54, 1.807) is 0 Å². The summed E-state index contributed by atoms with van der Waals surface area (Å²) in [6.07, 6.45) is 0. The Labute approximate surface area is 198 Å². The molecule has 0 spiro atoms. The topological polar surface area (TPSA) is 8.24 Å². The number of fused-ring (bicyclic) bond motifs is 3. The van der Waals surface area contributed by atoms with Crippen LogP contribution in [0, 0.1) is 27.3 Å². The molecule has 0 aliphatic carbocycles. The van der Waals surface area contributed by atoms with E-state index in [0.717, 1.165) is 16.8 Å². The van der Waals surface area contributed by atoms with Crippen LogP contribution in [0.2, 0.25) is 13.1 Å². The van der Waals surface area contributed by atoms with E-state index in [2.05, 4.69) is 105 Å². The summed E-state index contributed by atoms with van der Waals surface area (Å²) in [6.45, 7) is 19.4. The van der Waals surface area contributed by atoms with Gasteiger partial charge >= 0.3 is 0 Å². The zero-order valence-electron chi connectivity index (χ0n) is 20.2. The number of nitrogens with zero attached hydrogens (tertiary/aromatic N) is 2. The third-order valence-corrected chi connectivity index (χ3v) is 10.8. The third-order valence-electron chi connectivity index (χ3n) is 7.27. The molecule has 1 aliphatic rings. The van der Waals surface area contributed by atoms with Gasteiger partial charge in [0, 0.05) is 24.6 Å². The van der Waals surface area contributed by atoms with Gasteiger partial charge in [-0.1, -0.05) is 67.7 Å². The second kappa shape index (κ2) is 7.54. The second-order valence-electron chi connectivity index (χ2n) is 9.78. The normalized spacial score (nSPS) is 13.4. The monoisotopic (exact) mass is 445 g/mol. The van der Waals surface area contributed by atoms with Crippen molar-refractivity contribution < 1.29 is 4.57 Å². The van der Waals surface area contributed by atoms with Crippen molar-refractivity contribution in [1.82, 2.24) is 0 Å². The van der Waals surface area contributed by atoms with Crippen molar-refractivity contribution >= 4 is 24.1 Å². The van der Waals surface area contributed by atoms with Crippen molar-refractivity contribution in [3.8, 4) is 33.5 Å². The minimum atomic E-state index is -2.13. The minimum absolute atomic E-state index is 0.753. The zero-order chi connectivity index (χ0) is 23.5. The van der Waals surface area contributed by atoms with Crippen LogP contribution >= 0.6 is 0 Å². The fourth-order valence-corrected chi connectivity index (χ4v) is 9.58. The molecule has 0 fully saturated rings. The summed E-state index contributed by atoms with van der Waals surface area (Å²) >= 11 is 0. The van der Waals surface area contributed by atoms with E-state index in [1.807, 2.05) is 12.1 Å². The molecule has 1 aromatic heterocycles. The smallest absolute Gasteiger partial charge is 0.212 e. The lowest BCUT2D eigenvalue weighted by molar-refractivity contribution is -0.666. The van der Waals surface area contributed by atoms with Crippen LogP contribution < -0.4 is 14.9 Å². The Morgan fingerprint density at radius 1 is 0.788 bits per heavy atom. The van der Waals surface area contributed by atoms with Crippen molar-refractivity contribution in [1.29, 1.82) is 0 Å². The molecule has 33 heavy (non-hydrogen) atoms. The molecule has 0 unspecified atom stereocenters. The van der Waals surface area contributed by atoms with Crippen LogP contribution in [0.3, 0.4) is 0 Å². The zero-order valence-corrected chi connectivity index (χ0v) is 21.2. The molecule has 0 atom stereocenters. The molecule has 4 aromatic rings. The molecule has 0 saturated carbocycles. The summed E-state index contributed by atoms with van der Waals surface area (Å²) in [5.74, 6) is 0. The molecular formula is C30H29N2Si+. The van der Waals surface area contributed by atoms with E-state index in [9.17, 15) is 0 Å². The average Bonchev–Trinajstić information content (AvgIpc) is 3.03. The van der Waals surface area contributed by atoms with Crippen LogP contribution in [0.5, 0.6) is 0 Å². The number of hydrogen-bond donors (Lipinski definition) is 0. The van der Waals surface area contributed by atoms with Crippen LogP contribution in [0.4, 0.5) is 5.69 Å². The fourth-order valence-electron chi connectivity index (χ4n) is 5.70. The fraction of sp³-hybridized carbons (Fsp3) is 0.200. The van der Waals surface area contributed by atoms with Gasteiger partial charge in [0.2, 0.25) is 5.69 Å². The standard InChI is InChI=1S/C30H29N2Si/c1-19-17-21(3)32(5)26(18-19)27-20(2)13-14-23-24-15-16-25(31-4)28(22-11-9-8-10-12-22)30(24)33(6,7)29(23)27/h8-18H,1-3,5-7H3/q+1. The van der Waals surface area contributed by atoms with E-state index in [-0.39, 0.29) is 0 Å². The first-order valence-electron chi connectivity index (χ1n) is 11.5. The molecule has 0 saturated heterocycles. The van der Waals surface area contributed by atoms with Gasteiger partial charge < -0.3 is 0 Å². The molecule has 3 heteroatoms. The predicted octanol–water partition coefficient (Wildman–Crippen LogP) is 6.12. The molecular weight excluding hydrogens is 416 g/mol. The number of aryl methyl sites for hydroxylation is 3. The predicted molar refractivity (Wildman–Crippen MR) is 141 cm³/mol. The maximum absolute atomic E-state index is 7.91.